The van der Waals surface area contributed by atoms with E-state index < -0.39 is 5.60 Å². The Morgan fingerprint density at radius 3 is 2.83 bits per heavy atom. The summed E-state index contributed by atoms with van der Waals surface area (Å²) in [4.78, 5) is 28.3. The molecule has 4 heterocycles. The van der Waals surface area contributed by atoms with Crippen LogP contribution < -0.4 is 10.2 Å². The predicted molar refractivity (Wildman–Crippen MR) is 116 cm³/mol. The van der Waals surface area contributed by atoms with Gasteiger partial charge in [-0.3, -0.25) is 4.99 Å². The van der Waals surface area contributed by atoms with Crippen molar-refractivity contribution in [3.8, 4) is 0 Å². The fraction of sp³-hybridized carbons (Fsp3) is 0.750. The van der Waals surface area contributed by atoms with Gasteiger partial charge in [0, 0.05) is 51.1 Å². The van der Waals surface area contributed by atoms with Crippen molar-refractivity contribution < 1.29 is 9.53 Å². The molecule has 9 heteroatoms. The van der Waals surface area contributed by atoms with Gasteiger partial charge in [-0.05, 0) is 33.6 Å². The topological polar surface area (TPSA) is 73.3 Å². The molecule has 0 spiro atoms. The van der Waals surface area contributed by atoms with Gasteiger partial charge in [-0.25, -0.2) is 9.78 Å². The number of aromatic nitrogens is 1. The van der Waals surface area contributed by atoms with Gasteiger partial charge >= 0.3 is 6.09 Å². The Morgan fingerprint density at radius 1 is 1.28 bits per heavy atom. The average molecular weight is 421 g/mol. The van der Waals surface area contributed by atoms with Gasteiger partial charge < -0.3 is 24.8 Å². The van der Waals surface area contributed by atoms with Crippen LogP contribution in [0.25, 0.3) is 0 Å². The zero-order valence-electron chi connectivity index (χ0n) is 17.7. The molecule has 1 N–H and O–H groups in total. The third-order valence-corrected chi connectivity index (χ3v) is 6.39. The molecule has 8 nitrogen and oxygen atoms in total. The highest BCUT2D eigenvalue weighted by atomic mass is 32.1. The summed E-state index contributed by atoms with van der Waals surface area (Å²) in [6, 6.07) is 0.236. The van der Waals surface area contributed by atoms with Crippen molar-refractivity contribution >= 4 is 28.5 Å². The van der Waals surface area contributed by atoms with Crippen molar-refractivity contribution in [1.82, 2.24) is 20.1 Å². The van der Waals surface area contributed by atoms with Gasteiger partial charge in [-0.2, -0.15) is 0 Å². The van der Waals surface area contributed by atoms with Crippen molar-refractivity contribution in [3.05, 3.63) is 11.1 Å². The van der Waals surface area contributed by atoms with E-state index in [0.717, 1.165) is 55.9 Å². The molecular formula is C20H32N6O2S. The van der Waals surface area contributed by atoms with Crippen LogP contribution in [0.3, 0.4) is 0 Å². The van der Waals surface area contributed by atoms with Crippen LogP contribution in [0.15, 0.2) is 10.4 Å². The summed E-state index contributed by atoms with van der Waals surface area (Å²) in [6.07, 6.45) is 3.22. The van der Waals surface area contributed by atoms with Crippen molar-refractivity contribution in [2.24, 2.45) is 4.99 Å². The van der Waals surface area contributed by atoms with E-state index in [0.29, 0.717) is 13.1 Å². The molecule has 29 heavy (non-hydrogen) atoms. The smallest absolute Gasteiger partial charge is 0.410 e. The Balaban J connectivity index is 1.22. The zero-order valence-corrected chi connectivity index (χ0v) is 18.5. The lowest BCUT2D eigenvalue weighted by atomic mass is 10.2. The number of hydrogen-bond acceptors (Lipinski definition) is 8. The monoisotopic (exact) mass is 420 g/mol. The number of piperazine rings is 1. The molecule has 1 unspecified atom stereocenters. The first kappa shape index (κ1) is 20.3. The molecule has 0 aliphatic carbocycles. The van der Waals surface area contributed by atoms with Gasteiger partial charge in [-0.1, -0.05) is 0 Å². The molecule has 2 saturated heterocycles. The molecule has 0 saturated carbocycles. The lowest BCUT2D eigenvalue weighted by Crippen LogP contribution is -2.57. The Morgan fingerprint density at radius 2 is 2.07 bits per heavy atom. The molecule has 0 aromatic carbocycles. The summed E-state index contributed by atoms with van der Waals surface area (Å²) in [5, 5.41) is 6.82. The standard InChI is InChI=1S/C20H32N6O2S/c1-20(2,3)28-19(27)25-10-11-26-16(13-25)12-22-17(26)21-7-6-15-14-29-18(23-15)24-8-4-5-9-24/h14,16H,4-13H2,1-3H3,(H,21,22). The van der Waals surface area contributed by atoms with Crippen molar-refractivity contribution in [2.75, 3.05) is 50.7 Å². The number of fused-ring (bicyclic) bond motifs is 1. The second-order valence-corrected chi connectivity index (χ2v) is 9.77. The molecule has 1 amide bonds. The van der Waals surface area contributed by atoms with Crippen LogP contribution in [-0.2, 0) is 11.2 Å². The number of rotatable bonds is 4. The molecule has 2 fully saturated rings. The van der Waals surface area contributed by atoms with Gasteiger partial charge in [0.25, 0.3) is 0 Å². The number of carbonyl (C=O) groups excluding carboxylic acids is 1. The number of ether oxygens (including phenoxy) is 1. The number of nitrogens with one attached hydrogen (secondary N) is 1. The van der Waals surface area contributed by atoms with E-state index in [1.54, 1.807) is 16.2 Å². The predicted octanol–water partition coefficient (Wildman–Crippen LogP) is 2.17. The first-order valence-electron chi connectivity index (χ1n) is 10.6. The maximum atomic E-state index is 12.3. The Bertz CT molecular complexity index is 752. The van der Waals surface area contributed by atoms with Gasteiger partial charge in [0.05, 0.1) is 18.3 Å². The van der Waals surface area contributed by atoms with Crippen LogP contribution in [0.4, 0.5) is 9.93 Å². The van der Waals surface area contributed by atoms with Crippen LogP contribution in [0, 0.1) is 0 Å². The number of aliphatic imine (C=N–C) groups is 1. The highest BCUT2D eigenvalue weighted by Crippen LogP contribution is 2.24. The third kappa shape index (κ3) is 4.94. The molecule has 1 aromatic heterocycles. The average Bonchev–Trinajstić information content (AvgIpc) is 3.41. The van der Waals surface area contributed by atoms with E-state index in [9.17, 15) is 4.79 Å². The Kier molecular flexibility index (Phi) is 5.85. The first-order valence-corrected chi connectivity index (χ1v) is 11.5. The Hall–Kier alpha value is -2.03. The Labute approximate surface area is 176 Å². The summed E-state index contributed by atoms with van der Waals surface area (Å²) in [5.74, 6) is 0.953. The molecule has 0 bridgehead atoms. The summed E-state index contributed by atoms with van der Waals surface area (Å²) >= 11 is 1.75. The number of thiazole rings is 1. The third-order valence-electron chi connectivity index (χ3n) is 5.44. The van der Waals surface area contributed by atoms with Crippen molar-refractivity contribution in [2.45, 2.75) is 51.7 Å². The lowest BCUT2D eigenvalue weighted by Gasteiger charge is -2.39. The van der Waals surface area contributed by atoms with Gasteiger partial charge in [0.1, 0.15) is 5.60 Å². The number of guanidine groups is 1. The normalized spacial score (nSPS) is 22.0. The van der Waals surface area contributed by atoms with Crippen LogP contribution >= 0.6 is 11.3 Å². The lowest BCUT2D eigenvalue weighted by molar-refractivity contribution is 0.0137. The molecule has 0 radical (unpaired) electrons. The van der Waals surface area contributed by atoms with Gasteiger partial charge in [0.15, 0.2) is 11.1 Å². The molecular weight excluding hydrogens is 388 g/mol. The van der Waals surface area contributed by atoms with E-state index in [4.69, 9.17) is 9.72 Å². The zero-order chi connectivity index (χ0) is 20.4. The number of anilines is 1. The fourth-order valence-corrected chi connectivity index (χ4v) is 4.90. The minimum atomic E-state index is -0.461. The number of nitrogens with zero attached hydrogens (tertiary/aromatic N) is 5. The van der Waals surface area contributed by atoms with Crippen LogP contribution in [0.1, 0.15) is 39.3 Å². The van der Waals surface area contributed by atoms with E-state index in [1.165, 1.54) is 12.8 Å². The maximum Gasteiger partial charge on any atom is 0.410 e. The molecule has 3 aliphatic rings. The number of carbonyl (C=O) groups is 1. The molecule has 1 atom stereocenters. The second kappa shape index (κ2) is 8.38. The van der Waals surface area contributed by atoms with Gasteiger partial charge in [-0.15, -0.1) is 11.3 Å². The van der Waals surface area contributed by atoms with E-state index in [1.807, 2.05) is 20.8 Å². The molecule has 160 valence electrons. The van der Waals surface area contributed by atoms with E-state index in [2.05, 4.69) is 25.5 Å². The summed E-state index contributed by atoms with van der Waals surface area (Å²) in [6.45, 7) is 11.6. The van der Waals surface area contributed by atoms with Crippen molar-refractivity contribution in [3.63, 3.8) is 0 Å². The van der Waals surface area contributed by atoms with Gasteiger partial charge in [0.2, 0.25) is 0 Å². The highest BCUT2D eigenvalue weighted by Gasteiger charge is 2.36. The molecule has 1 aromatic rings. The first-order chi connectivity index (χ1) is 13.9. The summed E-state index contributed by atoms with van der Waals surface area (Å²) in [7, 11) is 0. The molecule has 4 rings (SSSR count). The minimum Gasteiger partial charge on any atom is -0.444 e. The van der Waals surface area contributed by atoms with E-state index in [-0.39, 0.29) is 12.1 Å². The summed E-state index contributed by atoms with van der Waals surface area (Å²) in [5.41, 5.74) is 0.687. The number of hydrogen-bond donors (Lipinski definition) is 1. The highest BCUT2D eigenvalue weighted by molar-refractivity contribution is 7.13. The fourth-order valence-electron chi connectivity index (χ4n) is 3.99. The second-order valence-electron chi connectivity index (χ2n) is 8.93. The van der Waals surface area contributed by atoms with Crippen LogP contribution in [0.2, 0.25) is 0 Å². The summed E-state index contributed by atoms with van der Waals surface area (Å²) < 4.78 is 5.51. The SMILES string of the molecule is CC(C)(C)OC(=O)N1CCN2C(NCCc3csc(N4CCCC4)n3)=NCC2C1. The van der Waals surface area contributed by atoms with Crippen LogP contribution in [0.5, 0.6) is 0 Å². The molecule has 3 aliphatic heterocycles. The van der Waals surface area contributed by atoms with Crippen LogP contribution in [-0.4, -0.2) is 84.3 Å². The number of amides is 1. The maximum absolute atomic E-state index is 12.3. The van der Waals surface area contributed by atoms with E-state index >= 15 is 0 Å². The minimum absolute atomic E-state index is 0.226. The largest absolute Gasteiger partial charge is 0.444 e. The quantitative estimate of drug-likeness (QED) is 0.805. The van der Waals surface area contributed by atoms with Crippen molar-refractivity contribution in [1.29, 1.82) is 0 Å².